The molecule has 0 aliphatic carbocycles. The van der Waals surface area contributed by atoms with Gasteiger partial charge in [0.05, 0.1) is 16.3 Å². The minimum atomic E-state index is -3.25. The number of urea groups is 1. The second-order valence-electron chi connectivity index (χ2n) is 4.47. The van der Waals surface area contributed by atoms with Crippen molar-refractivity contribution >= 4 is 39.3 Å². The molecule has 2 amide bonds. The summed E-state index contributed by atoms with van der Waals surface area (Å²) in [5, 5.41) is 3.44. The van der Waals surface area contributed by atoms with Crippen LogP contribution < -0.4 is 10.0 Å². The molecule has 0 radical (unpaired) electrons. The average Bonchev–Trinajstić information content (AvgIpc) is 2.38. The number of nitrogens with one attached hydrogen (secondary N) is 2. The lowest BCUT2D eigenvalue weighted by Crippen LogP contribution is -2.40. The molecular weight excluding hydrogens is 337 g/mol. The van der Waals surface area contributed by atoms with Gasteiger partial charge in [-0.05, 0) is 11.6 Å². The van der Waals surface area contributed by atoms with Crippen LogP contribution in [0.4, 0.5) is 4.79 Å². The highest BCUT2D eigenvalue weighted by atomic mass is 35.5. The Bertz CT molecular complexity index is 608. The summed E-state index contributed by atoms with van der Waals surface area (Å²) < 4.78 is 24.0. The standard InChI is InChI=1S/C12H17Cl2N3O3S/c1-17(8-9-4-3-5-10(13)11(9)14)12(18)15-6-7-16-21(2,19)20/h3-5,16H,6-8H2,1-2H3,(H,15,18). The number of rotatable bonds is 6. The Labute approximate surface area is 134 Å². The van der Waals surface area contributed by atoms with Gasteiger partial charge in [-0.1, -0.05) is 35.3 Å². The van der Waals surface area contributed by atoms with Gasteiger partial charge < -0.3 is 10.2 Å². The fourth-order valence-electron chi connectivity index (χ4n) is 1.54. The first-order valence-electron chi connectivity index (χ1n) is 6.07. The number of amides is 2. The van der Waals surface area contributed by atoms with Crippen LogP contribution in [-0.4, -0.2) is 45.7 Å². The number of hydrogen-bond donors (Lipinski definition) is 2. The molecule has 118 valence electrons. The Morgan fingerprint density at radius 2 is 1.95 bits per heavy atom. The molecule has 1 aromatic rings. The monoisotopic (exact) mass is 353 g/mol. The van der Waals surface area contributed by atoms with Gasteiger partial charge in [-0.3, -0.25) is 0 Å². The number of hydrogen-bond acceptors (Lipinski definition) is 3. The first kappa shape index (κ1) is 18.0. The largest absolute Gasteiger partial charge is 0.337 e. The lowest BCUT2D eigenvalue weighted by atomic mass is 10.2. The lowest BCUT2D eigenvalue weighted by Gasteiger charge is -2.19. The van der Waals surface area contributed by atoms with Crippen LogP contribution in [0.5, 0.6) is 0 Å². The summed E-state index contributed by atoms with van der Waals surface area (Å²) >= 11 is 12.0. The highest BCUT2D eigenvalue weighted by Crippen LogP contribution is 2.26. The van der Waals surface area contributed by atoms with Crippen LogP contribution in [0.25, 0.3) is 0 Å². The zero-order chi connectivity index (χ0) is 16.0. The molecule has 0 spiro atoms. The molecule has 0 aliphatic rings. The number of nitrogens with zero attached hydrogens (tertiary/aromatic N) is 1. The van der Waals surface area contributed by atoms with E-state index in [1.807, 2.05) is 0 Å². The average molecular weight is 354 g/mol. The number of carbonyl (C=O) groups excluding carboxylic acids is 1. The highest BCUT2D eigenvalue weighted by Gasteiger charge is 2.12. The van der Waals surface area contributed by atoms with E-state index in [9.17, 15) is 13.2 Å². The third-order valence-corrected chi connectivity index (χ3v) is 4.14. The molecule has 0 bridgehead atoms. The Balaban J connectivity index is 2.46. The van der Waals surface area contributed by atoms with Crippen molar-refractivity contribution in [3.63, 3.8) is 0 Å². The molecule has 0 saturated carbocycles. The van der Waals surface area contributed by atoms with E-state index in [4.69, 9.17) is 23.2 Å². The van der Waals surface area contributed by atoms with Crippen LogP contribution >= 0.6 is 23.2 Å². The highest BCUT2D eigenvalue weighted by molar-refractivity contribution is 7.88. The molecule has 1 aromatic carbocycles. The molecule has 0 aliphatic heterocycles. The van der Waals surface area contributed by atoms with E-state index < -0.39 is 10.0 Å². The molecule has 0 atom stereocenters. The molecule has 1 rings (SSSR count). The summed E-state index contributed by atoms with van der Waals surface area (Å²) in [6.45, 7) is 0.626. The Hall–Kier alpha value is -1.02. The first-order valence-corrected chi connectivity index (χ1v) is 8.72. The van der Waals surface area contributed by atoms with Gasteiger partial charge in [-0.15, -0.1) is 0 Å². The molecule has 0 unspecified atom stereocenters. The number of halogens is 2. The van der Waals surface area contributed by atoms with Gasteiger partial charge in [-0.2, -0.15) is 0 Å². The van der Waals surface area contributed by atoms with Gasteiger partial charge in [0.2, 0.25) is 10.0 Å². The molecular formula is C12H17Cl2N3O3S. The summed E-state index contributed by atoms with van der Waals surface area (Å²) in [5.41, 5.74) is 0.732. The van der Waals surface area contributed by atoms with Crippen molar-refractivity contribution in [2.24, 2.45) is 0 Å². The second kappa shape index (κ2) is 7.84. The summed E-state index contributed by atoms with van der Waals surface area (Å²) in [4.78, 5) is 13.3. The first-order chi connectivity index (χ1) is 9.70. The van der Waals surface area contributed by atoms with E-state index in [1.54, 1.807) is 25.2 Å². The number of benzene rings is 1. The van der Waals surface area contributed by atoms with Gasteiger partial charge in [0.25, 0.3) is 0 Å². The van der Waals surface area contributed by atoms with E-state index >= 15 is 0 Å². The summed E-state index contributed by atoms with van der Waals surface area (Å²) in [7, 11) is -1.64. The SMILES string of the molecule is CN(Cc1cccc(Cl)c1Cl)C(=O)NCCNS(C)(=O)=O. The molecule has 6 nitrogen and oxygen atoms in total. The predicted octanol–water partition coefficient (Wildman–Crippen LogP) is 1.68. The van der Waals surface area contributed by atoms with Crippen LogP contribution in [-0.2, 0) is 16.6 Å². The summed E-state index contributed by atoms with van der Waals surface area (Å²) in [6, 6.07) is 4.88. The normalized spacial score (nSPS) is 11.2. The zero-order valence-corrected chi connectivity index (χ0v) is 14.0. The van der Waals surface area contributed by atoms with E-state index in [1.165, 1.54) is 4.90 Å². The number of carbonyl (C=O) groups is 1. The smallest absolute Gasteiger partial charge is 0.317 e. The fourth-order valence-corrected chi connectivity index (χ4v) is 2.39. The summed E-state index contributed by atoms with van der Waals surface area (Å²) in [6.07, 6.45) is 1.06. The predicted molar refractivity (Wildman–Crippen MR) is 84.2 cm³/mol. The van der Waals surface area contributed by atoms with Crippen molar-refractivity contribution in [2.75, 3.05) is 26.4 Å². The second-order valence-corrected chi connectivity index (χ2v) is 7.09. The van der Waals surface area contributed by atoms with E-state index in [0.717, 1.165) is 11.8 Å². The Morgan fingerprint density at radius 3 is 2.57 bits per heavy atom. The molecule has 21 heavy (non-hydrogen) atoms. The van der Waals surface area contributed by atoms with Gasteiger partial charge >= 0.3 is 6.03 Å². The molecule has 0 fully saturated rings. The van der Waals surface area contributed by atoms with Crippen molar-refractivity contribution < 1.29 is 13.2 Å². The molecule has 0 aromatic heterocycles. The zero-order valence-electron chi connectivity index (χ0n) is 11.7. The Kier molecular flexibility index (Phi) is 6.73. The van der Waals surface area contributed by atoms with Crippen molar-refractivity contribution in [2.45, 2.75) is 6.54 Å². The number of sulfonamides is 1. The minimum Gasteiger partial charge on any atom is -0.337 e. The fraction of sp³-hybridized carbons (Fsp3) is 0.417. The van der Waals surface area contributed by atoms with Crippen LogP contribution in [0, 0.1) is 0 Å². The van der Waals surface area contributed by atoms with Gasteiger partial charge in [-0.25, -0.2) is 17.9 Å². The Morgan fingerprint density at radius 1 is 1.29 bits per heavy atom. The van der Waals surface area contributed by atoms with Gasteiger partial charge in [0.1, 0.15) is 0 Å². The van der Waals surface area contributed by atoms with Crippen LogP contribution in [0.1, 0.15) is 5.56 Å². The van der Waals surface area contributed by atoms with Crippen molar-refractivity contribution in [3.8, 4) is 0 Å². The maximum absolute atomic E-state index is 11.8. The maximum Gasteiger partial charge on any atom is 0.317 e. The molecule has 0 heterocycles. The van der Waals surface area contributed by atoms with Crippen LogP contribution in [0.3, 0.4) is 0 Å². The van der Waals surface area contributed by atoms with E-state index in [0.29, 0.717) is 16.6 Å². The third-order valence-electron chi connectivity index (χ3n) is 2.55. The molecule has 9 heteroatoms. The van der Waals surface area contributed by atoms with Crippen molar-refractivity contribution in [3.05, 3.63) is 33.8 Å². The molecule has 0 saturated heterocycles. The van der Waals surface area contributed by atoms with E-state index in [-0.39, 0.29) is 19.1 Å². The topological polar surface area (TPSA) is 78.5 Å². The van der Waals surface area contributed by atoms with Crippen LogP contribution in [0.15, 0.2) is 18.2 Å². The quantitative estimate of drug-likeness (QED) is 0.763. The van der Waals surface area contributed by atoms with Crippen molar-refractivity contribution in [1.82, 2.24) is 14.9 Å². The van der Waals surface area contributed by atoms with Crippen molar-refractivity contribution in [1.29, 1.82) is 0 Å². The van der Waals surface area contributed by atoms with Gasteiger partial charge in [0.15, 0.2) is 0 Å². The lowest BCUT2D eigenvalue weighted by molar-refractivity contribution is 0.207. The minimum absolute atomic E-state index is 0.135. The van der Waals surface area contributed by atoms with E-state index in [2.05, 4.69) is 10.0 Å². The van der Waals surface area contributed by atoms with Crippen LogP contribution in [0.2, 0.25) is 10.0 Å². The van der Waals surface area contributed by atoms with Gasteiger partial charge in [0, 0.05) is 26.7 Å². The molecule has 2 N–H and O–H groups in total. The maximum atomic E-state index is 11.8. The third kappa shape index (κ3) is 6.52. The summed E-state index contributed by atoms with van der Waals surface area (Å²) in [5.74, 6) is 0.